The minimum atomic E-state index is -0.834. The summed E-state index contributed by atoms with van der Waals surface area (Å²) in [4.78, 5) is 0. The third kappa shape index (κ3) is 5.90. The van der Waals surface area contributed by atoms with E-state index in [2.05, 4.69) is 39.2 Å². The van der Waals surface area contributed by atoms with E-state index in [0.717, 1.165) is 0 Å². The van der Waals surface area contributed by atoms with Gasteiger partial charge in [-0.25, -0.2) is 0 Å². The highest BCUT2D eigenvalue weighted by atomic mass is 28.3. The van der Waals surface area contributed by atoms with Gasteiger partial charge in [0.2, 0.25) is 0 Å². The van der Waals surface area contributed by atoms with Gasteiger partial charge in [0.05, 0.1) is 0 Å². The lowest BCUT2D eigenvalue weighted by Crippen LogP contribution is -2.22. The molecule has 0 rings (SSSR count). The van der Waals surface area contributed by atoms with Crippen LogP contribution in [0.3, 0.4) is 0 Å². The Bertz CT molecular complexity index is 194. The first kappa shape index (κ1) is 12.7. The summed E-state index contributed by atoms with van der Waals surface area (Å²) >= 11 is 0. The van der Waals surface area contributed by atoms with Crippen molar-refractivity contribution in [1.29, 1.82) is 0 Å². The monoisotopic (exact) mass is 197 g/mol. The van der Waals surface area contributed by atoms with Gasteiger partial charge < -0.3 is 5.11 Å². The summed E-state index contributed by atoms with van der Waals surface area (Å²) in [5.41, 5.74) is 3.73. The Hall–Kier alpha value is -0.263. The Morgan fingerprint density at radius 3 is 1.69 bits per heavy atom. The first-order valence-electron chi connectivity index (χ1n) is 4.86. The summed E-state index contributed by atoms with van der Waals surface area (Å²) in [6, 6.07) is 0. The third-order valence-corrected chi connectivity index (χ3v) is 4.66. The van der Waals surface area contributed by atoms with Crippen LogP contribution in [0.1, 0.15) is 41.5 Å². The number of hydrogen-bond donors (Lipinski definition) is 1. The molecule has 0 saturated heterocycles. The number of rotatable bonds is 2. The van der Waals surface area contributed by atoms with Crippen molar-refractivity contribution in [2.75, 3.05) is 0 Å². The van der Waals surface area contributed by atoms with Crippen molar-refractivity contribution in [1.82, 2.24) is 0 Å². The van der Waals surface area contributed by atoms with Crippen LogP contribution in [0.5, 0.6) is 0 Å². The second kappa shape index (κ2) is 4.83. The third-order valence-electron chi connectivity index (χ3n) is 1.76. The average molecular weight is 197 g/mol. The summed E-state index contributed by atoms with van der Waals surface area (Å²) in [7, 11) is -0.633. The van der Waals surface area contributed by atoms with Crippen molar-refractivity contribution in [2.24, 2.45) is 0 Å². The molecule has 13 heavy (non-hydrogen) atoms. The van der Waals surface area contributed by atoms with Crippen LogP contribution in [0, 0.1) is 11.5 Å². The van der Waals surface area contributed by atoms with E-state index in [9.17, 15) is 5.11 Å². The predicted octanol–water partition coefficient (Wildman–Crippen LogP) is 2.61. The predicted molar refractivity (Wildman–Crippen MR) is 60.0 cm³/mol. The molecule has 1 radical (unpaired) electrons. The molecule has 0 aliphatic rings. The maximum absolute atomic E-state index is 9.47. The van der Waals surface area contributed by atoms with Gasteiger partial charge in [-0.2, -0.15) is 0 Å². The highest BCUT2D eigenvalue weighted by molar-refractivity contribution is 6.70. The van der Waals surface area contributed by atoms with Crippen LogP contribution in [0.2, 0.25) is 11.1 Å². The minimum Gasteiger partial charge on any atom is -0.378 e. The van der Waals surface area contributed by atoms with E-state index in [-0.39, 0.29) is 0 Å². The second-order valence-corrected chi connectivity index (χ2v) is 8.04. The van der Waals surface area contributed by atoms with Crippen molar-refractivity contribution >= 4 is 8.80 Å². The van der Waals surface area contributed by atoms with Crippen LogP contribution in [-0.4, -0.2) is 19.5 Å². The van der Waals surface area contributed by atoms with Crippen LogP contribution in [-0.2, 0) is 0 Å². The van der Waals surface area contributed by atoms with Gasteiger partial charge in [-0.1, -0.05) is 33.6 Å². The first-order chi connectivity index (χ1) is 5.74. The molecule has 0 heterocycles. The summed E-state index contributed by atoms with van der Waals surface area (Å²) in [6.45, 7) is 12.3. The smallest absolute Gasteiger partial charge is 0.150 e. The number of hydrogen-bond acceptors (Lipinski definition) is 1. The molecule has 0 fully saturated rings. The molecular formula is C11H21OSi. The summed E-state index contributed by atoms with van der Waals surface area (Å²) < 4.78 is 0. The number of aliphatic hydroxyl groups is 1. The topological polar surface area (TPSA) is 20.2 Å². The molecule has 2 heteroatoms. The first-order valence-corrected chi connectivity index (χ1v) is 6.52. The van der Waals surface area contributed by atoms with E-state index in [0.29, 0.717) is 11.1 Å². The molecule has 0 aromatic heterocycles. The van der Waals surface area contributed by atoms with Crippen molar-refractivity contribution < 1.29 is 5.11 Å². The fourth-order valence-electron chi connectivity index (χ4n) is 1.18. The van der Waals surface area contributed by atoms with Gasteiger partial charge in [-0.15, -0.1) is 5.54 Å². The normalized spacial score (nSPS) is 12.2. The molecule has 0 spiro atoms. The van der Waals surface area contributed by atoms with Crippen molar-refractivity contribution in [3.05, 3.63) is 0 Å². The van der Waals surface area contributed by atoms with E-state index in [1.165, 1.54) is 0 Å². The summed E-state index contributed by atoms with van der Waals surface area (Å²) in [5.74, 6) is 2.94. The minimum absolute atomic E-state index is 0.633. The lowest BCUT2D eigenvalue weighted by Gasteiger charge is -2.16. The van der Waals surface area contributed by atoms with Crippen LogP contribution in [0.25, 0.3) is 0 Å². The maximum Gasteiger partial charge on any atom is 0.150 e. The van der Waals surface area contributed by atoms with Gasteiger partial charge in [-0.3, -0.25) is 0 Å². The highest BCUT2D eigenvalue weighted by Crippen LogP contribution is 2.19. The zero-order valence-electron chi connectivity index (χ0n) is 9.60. The van der Waals surface area contributed by atoms with Gasteiger partial charge in [0, 0.05) is 0 Å². The molecule has 0 aromatic carbocycles. The molecule has 0 atom stereocenters. The molecule has 0 unspecified atom stereocenters. The maximum atomic E-state index is 9.47. The second-order valence-electron chi connectivity index (χ2n) is 4.57. The molecule has 0 aromatic rings. The summed E-state index contributed by atoms with van der Waals surface area (Å²) in [6.07, 6.45) is 0. The Morgan fingerprint density at radius 2 is 1.46 bits per heavy atom. The highest BCUT2D eigenvalue weighted by Gasteiger charge is 2.18. The van der Waals surface area contributed by atoms with Crippen molar-refractivity contribution in [3.63, 3.8) is 0 Å². The summed E-state index contributed by atoms with van der Waals surface area (Å²) in [5, 5.41) is 9.47. The zero-order valence-corrected chi connectivity index (χ0v) is 10.6. The van der Waals surface area contributed by atoms with E-state index in [1.807, 2.05) is 0 Å². The standard InChI is InChI=1S/C11H21OSi/c1-9(2)13(10(3)4)8-7-11(5,6)12/h9-10,12H,1-6H3. The van der Waals surface area contributed by atoms with Crippen LogP contribution >= 0.6 is 0 Å². The van der Waals surface area contributed by atoms with E-state index in [1.54, 1.807) is 13.8 Å². The van der Waals surface area contributed by atoms with Gasteiger partial charge in [-0.05, 0) is 24.9 Å². The van der Waals surface area contributed by atoms with Gasteiger partial charge in [0.25, 0.3) is 0 Å². The molecule has 0 saturated carbocycles. The Balaban J connectivity index is 4.49. The SMILES string of the molecule is CC(C)[Si](C#CC(C)(C)O)C(C)C. The van der Waals surface area contributed by atoms with Crippen LogP contribution < -0.4 is 0 Å². The Morgan fingerprint density at radius 1 is 1.08 bits per heavy atom. The fourth-order valence-corrected chi connectivity index (χ4v) is 3.54. The van der Waals surface area contributed by atoms with Crippen LogP contribution in [0.15, 0.2) is 0 Å². The molecule has 1 N–H and O–H groups in total. The lowest BCUT2D eigenvalue weighted by molar-refractivity contribution is 0.143. The lowest BCUT2D eigenvalue weighted by atomic mass is 10.2. The molecule has 0 aliphatic heterocycles. The van der Waals surface area contributed by atoms with E-state index in [4.69, 9.17) is 0 Å². The van der Waals surface area contributed by atoms with Crippen molar-refractivity contribution in [3.8, 4) is 11.5 Å². The molecule has 0 bridgehead atoms. The molecular weight excluding hydrogens is 176 g/mol. The Kier molecular flexibility index (Phi) is 4.73. The largest absolute Gasteiger partial charge is 0.378 e. The van der Waals surface area contributed by atoms with Gasteiger partial charge in [0.1, 0.15) is 14.4 Å². The van der Waals surface area contributed by atoms with Gasteiger partial charge in [0.15, 0.2) is 0 Å². The average Bonchev–Trinajstić information content (AvgIpc) is 1.82. The molecule has 0 aliphatic carbocycles. The Labute approximate surface area is 84.2 Å². The fraction of sp³-hybridized carbons (Fsp3) is 0.818. The molecule has 75 valence electrons. The van der Waals surface area contributed by atoms with E-state index >= 15 is 0 Å². The van der Waals surface area contributed by atoms with Crippen molar-refractivity contribution in [2.45, 2.75) is 58.2 Å². The zero-order chi connectivity index (χ0) is 10.6. The quantitative estimate of drug-likeness (QED) is 0.533. The molecule has 1 nitrogen and oxygen atoms in total. The van der Waals surface area contributed by atoms with E-state index < -0.39 is 14.4 Å². The molecule has 0 amide bonds. The van der Waals surface area contributed by atoms with Gasteiger partial charge >= 0.3 is 0 Å². The van der Waals surface area contributed by atoms with Crippen LogP contribution in [0.4, 0.5) is 0 Å².